The first kappa shape index (κ1) is 11.9. The molecule has 0 aliphatic carbocycles. The first-order valence-electron chi connectivity index (χ1n) is 4.81. The van der Waals surface area contributed by atoms with E-state index >= 15 is 0 Å². The number of aliphatic hydroxyl groups excluding tert-OH is 2. The molecule has 0 aliphatic rings. The van der Waals surface area contributed by atoms with Gasteiger partial charge in [0.15, 0.2) is 0 Å². The van der Waals surface area contributed by atoms with Gasteiger partial charge in [0.25, 0.3) is 5.56 Å². The van der Waals surface area contributed by atoms with Crippen molar-refractivity contribution in [2.45, 2.75) is 25.6 Å². The Morgan fingerprint density at radius 1 is 1.53 bits per heavy atom. The van der Waals surface area contributed by atoms with Crippen LogP contribution in [0.4, 0.5) is 0 Å². The average Bonchev–Trinajstić information content (AvgIpc) is 2.21. The number of pyridine rings is 1. The zero-order valence-electron chi connectivity index (χ0n) is 8.60. The topological polar surface area (TPSA) is 99.3 Å². The molecule has 1 aromatic rings. The van der Waals surface area contributed by atoms with Crippen LogP contribution in [0.2, 0.25) is 0 Å². The molecule has 1 rings (SSSR count). The highest BCUT2D eigenvalue weighted by Gasteiger charge is 2.17. The van der Waals surface area contributed by atoms with Crippen molar-refractivity contribution in [3.05, 3.63) is 33.7 Å². The first-order valence-corrected chi connectivity index (χ1v) is 4.81. The average molecular weight is 212 g/mol. The van der Waals surface area contributed by atoms with Crippen molar-refractivity contribution in [2.75, 3.05) is 6.54 Å². The van der Waals surface area contributed by atoms with Gasteiger partial charge in [-0.3, -0.25) is 4.79 Å². The summed E-state index contributed by atoms with van der Waals surface area (Å²) in [5.74, 6) is 0. The predicted molar refractivity (Wildman–Crippen MR) is 56.4 cm³/mol. The summed E-state index contributed by atoms with van der Waals surface area (Å²) in [5.41, 5.74) is 6.07. The van der Waals surface area contributed by atoms with Gasteiger partial charge in [0, 0.05) is 11.8 Å². The molecule has 5 nitrogen and oxygen atoms in total. The number of hydrogen-bond donors (Lipinski definition) is 4. The number of aliphatic hydroxyl groups is 2. The second kappa shape index (κ2) is 5.06. The van der Waals surface area contributed by atoms with Gasteiger partial charge in [0.2, 0.25) is 0 Å². The number of nitrogens with two attached hydrogens (primary N) is 1. The largest absolute Gasteiger partial charge is 0.390 e. The van der Waals surface area contributed by atoms with E-state index in [2.05, 4.69) is 4.98 Å². The Labute approximate surface area is 87.6 Å². The summed E-state index contributed by atoms with van der Waals surface area (Å²) in [6.45, 7) is 1.95. The van der Waals surface area contributed by atoms with E-state index in [-0.39, 0.29) is 5.56 Å². The summed E-state index contributed by atoms with van der Waals surface area (Å²) in [5, 5.41) is 19.2. The zero-order chi connectivity index (χ0) is 11.4. The molecule has 2 unspecified atom stereocenters. The second-order valence-electron chi connectivity index (χ2n) is 3.53. The molecule has 84 valence electrons. The van der Waals surface area contributed by atoms with Crippen molar-refractivity contribution >= 4 is 0 Å². The SMILES string of the molecule is Cc1cc(C(O)C(O)CCN)c[nH]c1=O. The Balaban J connectivity index is 2.86. The zero-order valence-corrected chi connectivity index (χ0v) is 8.60. The molecule has 0 fully saturated rings. The lowest BCUT2D eigenvalue weighted by atomic mass is 10.0. The van der Waals surface area contributed by atoms with Crippen molar-refractivity contribution in [1.82, 2.24) is 4.98 Å². The van der Waals surface area contributed by atoms with Gasteiger partial charge in [-0.2, -0.15) is 0 Å². The lowest BCUT2D eigenvalue weighted by Gasteiger charge is -2.17. The number of aromatic amines is 1. The molecule has 0 bridgehead atoms. The van der Waals surface area contributed by atoms with E-state index in [0.717, 1.165) is 0 Å². The summed E-state index contributed by atoms with van der Waals surface area (Å²) < 4.78 is 0. The fourth-order valence-electron chi connectivity index (χ4n) is 1.34. The van der Waals surface area contributed by atoms with Crippen LogP contribution in [0.5, 0.6) is 0 Å². The monoisotopic (exact) mass is 212 g/mol. The Morgan fingerprint density at radius 2 is 2.20 bits per heavy atom. The lowest BCUT2D eigenvalue weighted by Crippen LogP contribution is -2.23. The molecule has 5 N–H and O–H groups in total. The number of nitrogens with one attached hydrogen (secondary N) is 1. The highest BCUT2D eigenvalue weighted by Crippen LogP contribution is 2.17. The maximum atomic E-state index is 11.1. The van der Waals surface area contributed by atoms with Gasteiger partial charge in [-0.05, 0) is 31.5 Å². The number of aryl methyl sites for hydroxylation is 1. The number of hydrogen-bond acceptors (Lipinski definition) is 4. The molecule has 15 heavy (non-hydrogen) atoms. The minimum Gasteiger partial charge on any atom is -0.390 e. The molecule has 0 saturated carbocycles. The summed E-state index contributed by atoms with van der Waals surface area (Å²) in [4.78, 5) is 13.6. The number of aromatic nitrogens is 1. The van der Waals surface area contributed by atoms with Crippen LogP contribution in [0.15, 0.2) is 17.1 Å². The van der Waals surface area contributed by atoms with Crippen LogP contribution in [0.25, 0.3) is 0 Å². The molecule has 2 atom stereocenters. The highest BCUT2D eigenvalue weighted by molar-refractivity contribution is 5.19. The highest BCUT2D eigenvalue weighted by atomic mass is 16.3. The Morgan fingerprint density at radius 3 is 2.73 bits per heavy atom. The van der Waals surface area contributed by atoms with Crippen LogP contribution in [0.1, 0.15) is 23.7 Å². The van der Waals surface area contributed by atoms with E-state index in [1.54, 1.807) is 13.0 Å². The summed E-state index contributed by atoms with van der Waals surface area (Å²) in [6, 6.07) is 1.56. The number of H-pyrrole nitrogens is 1. The van der Waals surface area contributed by atoms with Crippen LogP contribution in [-0.2, 0) is 0 Å². The van der Waals surface area contributed by atoms with E-state index in [9.17, 15) is 15.0 Å². The van der Waals surface area contributed by atoms with Gasteiger partial charge in [0.05, 0.1) is 6.10 Å². The summed E-state index contributed by atoms with van der Waals surface area (Å²) >= 11 is 0. The Kier molecular flexibility index (Phi) is 4.02. The van der Waals surface area contributed by atoms with Crippen LogP contribution >= 0.6 is 0 Å². The standard InChI is InChI=1S/C10H16N2O3/c1-6-4-7(5-12-10(6)15)9(14)8(13)2-3-11/h4-5,8-9,13-14H,2-3,11H2,1H3,(H,12,15). The Hall–Kier alpha value is -1.17. The van der Waals surface area contributed by atoms with Gasteiger partial charge < -0.3 is 20.9 Å². The minimum absolute atomic E-state index is 0.195. The third-order valence-corrected chi connectivity index (χ3v) is 2.28. The van der Waals surface area contributed by atoms with E-state index in [4.69, 9.17) is 5.73 Å². The third kappa shape index (κ3) is 2.89. The van der Waals surface area contributed by atoms with Gasteiger partial charge in [-0.1, -0.05) is 0 Å². The maximum Gasteiger partial charge on any atom is 0.250 e. The number of rotatable bonds is 4. The van der Waals surface area contributed by atoms with Crippen molar-refractivity contribution < 1.29 is 10.2 Å². The second-order valence-corrected chi connectivity index (χ2v) is 3.53. The van der Waals surface area contributed by atoms with Crippen LogP contribution in [-0.4, -0.2) is 27.8 Å². The predicted octanol–water partition coefficient (Wildman–Crippen LogP) is -0.574. The fourth-order valence-corrected chi connectivity index (χ4v) is 1.34. The van der Waals surface area contributed by atoms with Crippen molar-refractivity contribution in [3.8, 4) is 0 Å². The molecular formula is C10H16N2O3. The minimum atomic E-state index is -1.01. The molecule has 0 radical (unpaired) electrons. The molecular weight excluding hydrogens is 196 g/mol. The third-order valence-electron chi connectivity index (χ3n) is 2.28. The summed E-state index contributed by atoms with van der Waals surface area (Å²) in [7, 11) is 0. The van der Waals surface area contributed by atoms with Crippen molar-refractivity contribution in [3.63, 3.8) is 0 Å². The lowest BCUT2D eigenvalue weighted by molar-refractivity contribution is 0.0148. The quantitative estimate of drug-likeness (QED) is 0.537. The molecule has 5 heteroatoms. The van der Waals surface area contributed by atoms with E-state index in [1.165, 1.54) is 6.20 Å². The Bertz CT molecular complexity index is 375. The van der Waals surface area contributed by atoms with Crippen LogP contribution < -0.4 is 11.3 Å². The fraction of sp³-hybridized carbons (Fsp3) is 0.500. The van der Waals surface area contributed by atoms with Gasteiger partial charge >= 0.3 is 0 Å². The molecule has 0 spiro atoms. The molecule has 0 saturated heterocycles. The van der Waals surface area contributed by atoms with Crippen molar-refractivity contribution in [2.24, 2.45) is 5.73 Å². The van der Waals surface area contributed by atoms with Crippen LogP contribution in [0, 0.1) is 6.92 Å². The molecule has 1 aromatic heterocycles. The molecule has 0 aliphatic heterocycles. The normalized spacial score (nSPS) is 14.9. The smallest absolute Gasteiger partial charge is 0.250 e. The maximum absolute atomic E-state index is 11.1. The summed E-state index contributed by atoms with van der Waals surface area (Å²) in [6.07, 6.45) is -0.191. The van der Waals surface area contributed by atoms with E-state index in [0.29, 0.717) is 24.1 Å². The first-order chi connectivity index (χ1) is 7.06. The van der Waals surface area contributed by atoms with E-state index < -0.39 is 12.2 Å². The van der Waals surface area contributed by atoms with Gasteiger partial charge in [0.1, 0.15) is 6.10 Å². The van der Waals surface area contributed by atoms with Crippen molar-refractivity contribution in [1.29, 1.82) is 0 Å². The van der Waals surface area contributed by atoms with Crippen LogP contribution in [0.3, 0.4) is 0 Å². The molecule has 0 aromatic carbocycles. The van der Waals surface area contributed by atoms with Gasteiger partial charge in [-0.25, -0.2) is 0 Å². The molecule has 0 amide bonds. The van der Waals surface area contributed by atoms with E-state index in [1.807, 2.05) is 0 Å². The van der Waals surface area contributed by atoms with Gasteiger partial charge in [-0.15, -0.1) is 0 Å². The molecule has 1 heterocycles.